The summed E-state index contributed by atoms with van der Waals surface area (Å²) in [6.07, 6.45) is 4.45. The maximum Gasteiger partial charge on any atom is 0.407 e. The predicted octanol–water partition coefficient (Wildman–Crippen LogP) is 4.31. The maximum atomic E-state index is 12.0. The maximum absolute atomic E-state index is 12.0. The van der Waals surface area contributed by atoms with Gasteiger partial charge < -0.3 is 15.4 Å². The third-order valence-corrected chi connectivity index (χ3v) is 5.47. The molecular weight excluding hydrogens is 308 g/mol. The van der Waals surface area contributed by atoms with E-state index in [1.54, 1.807) is 11.3 Å². The van der Waals surface area contributed by atoms with Crippen LogP contribution in [0.2, 0.25) is 0 Å². The van der Waals surface area contributed by atoms with Crippen molar-refractivity contribution in [3.63, 3.8) is 0 Å². The van der Waals surface area contributed by atoms with Gasteiger partial charge in [-0.05, 0) is 51.0 Å². The molecule has 1 aliphatic rings. The fourth-order valence-electron chi connectivity index (χ4n) is 3.22. The van der Waals surface area contributed by atoms with Crippen molar-refractivity contribution in [1.82, 2.24) is 10.6 Å². The van der Waals surface area contributed by atoms with Gasteiger partial charge in [-0.2, -0.15) is 0 Å². The minimum absolute atomic E-state index is 0.0425. The van der Waals surface area contributed by atoms with E-state index in [9.17, 15) is 4.79 Å². The topological polar surface area (TPSA) is 50.4 Å². The van der Waals surface area contributed by atoms with Crippen molar-refractivity contribution in [2.45, 2.75) is 71.1 Å². The lowest BCUT2D eigenvalue weighted by Crippen LogP contribution is -2.58. The molecular formula is C18H30N2O2S. The van der Waals surface area contributed by atoms with E-state index < -0.39 is 5.60 Å². The fraction of sp³-hybridized carbons (Fsp3) is 0.722. The Bertz CT molecular complexity index is 496. The number of nitrogens with one attached hydrogen (secondary N) is 2. The Morgan fingerprint density at radius 3 is 2.83 bits per heavy atom. The summed E-state index contributed by atoms with van der Waals surface area (Å²) >= 11 is 1.77. The second-order valence-electron chi connectivity index (χ2n) is 7.59. The van der Waals surface area contributed by atoms with Crippen molar-refractivity contribution in [2.24, 2.45) is 5.92 Å². The van der Waals surface area contributed by atoms with E-state index >= 15 is 0 Å². The first kappa shape index (κ1) is 18.3. The number of thiophene rings is 1. The van der Waals surface area contributed by atoms with Gasteiger partial charge in [0.05, 0.1) is 0 Å². The molecule has 0 bridgehead atoms. The van der Waals surface area contributed by atoms with Crippen LogP contribution >= 0.6 is 11.3 Å². The molecule has 0 saturated heterocycles. The Labute approximate surface area is 144 Å². The van der Waals surface area contributed by atoms with Crippen LogP contribution in [0.15, 0.2) is 17.5 Å². The Balaban J connectivity index is 1.97. The summed E-state index contributed by atoms with van der Waals surface area (Å²) in [6.45, 7) is 9.44. The molecule has 0 spiro atoms. The summed E-state index contributed by atoms with van der Waals surface area (Å²) in [5.41, 5.74) is -0.501. The molecule has 0 aromatic carbocycles. The van der Waals surface area contributed by atoms with Crippen LogP contribution in [0.3, 0.4) is 0 Å². The number of rotatable bonds is 5. The van der Waals surface area contributed by atoms with Crippen LogP contribution in [0.5, 0.6) is 0 Å². The summed E-state index contributed by atoms with van der Waals surface area (Å²) in [6, 6.07) is 4.23. The van der Waals surface area contributed by atoms with Crippen LogP contribution in [-0.4, -0.2) is 23.8 Å². The number of hydrogen-bond acceptors (Lipinski definition) is 4. The molecule has 1 fully saturated rings. The molecule has 1 aromatic rings. The van der Waals surface area contributed by atoms with Crippen molar-refractivity contribution < 1.29 is 9.53 Å². The number of carbonyl (C=O) groups is 1. The Morgan fingerprint density at radius 1 is 1.43 bits per heavy atom. The molecule has 2 atom stereocenters. The van der Waals surface area contributed by atoms with Crippen molar-refractivity contribution in [3.8, 4) is 0 Å². The molecule has 2 N–H and O–H groups in total. The largest absolute Gasteiger partial charge is 0.444 e. The quantitative estimate of drug-likeness (QED) is 0.841. The van der Waals surface area contributed by atoms with Gasteiger partial charge in [0.1, 0.15) is 5.60 Å². The van der Waals surface area contributed by atoms with Crippen molar-refractivity contribution in [2.75, 3.05) is 6.54 Å². The Morgan fingerprint density at radius 2 is 2.22 bits per heavy atom. The van der Waals surface area contributed by atoms with Crippen LogP contribution < -0.4 is 10.6 Å². The standard InChI is InChI=1S/C18H30N2O2S/c1-14-8-5-6-10-18(14,20-12-15-9-7-11-23-15)13-19-16(21)22-17(2,3)4/h7,9,11,14,20H,5-6,8,10,12-13H2,1-4H3,(H,19,21). The van der Waals surface area contributed by atoms with Gasteiger partial charge in [-0.15, -0.1) is 11.3 Å². The molecule has 2 rings (SSSR count). The number of ether oxygens (including phenoxy) is 1. The lowest BCUT2D eigenvalue weighted by molar-refractivity contribution is 0.0479. The zero-order valence-electron chi connectivity index (χ0n) is 14.8. The molecule has 1 aliphatic carbocycles. The highest BCUT2D eigenvalue weighted by Crippen LogP contribution is 2.33. The molecule has 1 amide bonds. The van der Waals surface area contributed by atoms with Crippen LogP contribution in [-0.2, 0) is 11.3 Å². The molecule has 1 heterocycles. The van der Waals surface area contributed by atoms with Gasteiger partial charge >= 0.3 is 6.09 Å². The van der Waals surface area contributed by atoms with Gasteiger partial charge in [-0.25, -0.2) is 4.79 Å². The zero-order valence-corrected chi connectivity index (χ0v) is 15.6. The molecule has 2 unspecified atom stereocenters. The first-order chi connectivity index (χ1) is 10.8. The number of hydrogen-bond donors (Lipinski definition) is 2. The zero-order chi connectivity index (χ0) is 16.9. The lowest BCUT2D eigenvalue weighted by atomic mass is 9.73. The monoisotopic (exact) mass is 338 g/mol. The minimum atomic E-state index is -0.459. The van der Waals surface area contributed by atoms with E-state index in [1.165, 1.54) is 24.1 Å². The molecule has 1 saturated carbocycles. The normalized spacial score (nSPS) is 25.1. The van der Waals surface area contributed by atoms with Crippen molar-refractivity contribution in [1.29, 1.82) is 0 Å². The van der Waals surface area contributed by atoms with Crippen molar-refractivity contribution in [3.05, 3.63) is 22.4 Å². The summed E-state index contributed by atoms with van der Waals surface area (Å²) in [5, 5.41) is 8.84. The second kappa shape index (κ2) is 7.67. The third-order valence-electron chi connectivity index (χ3n) is 4.60. The average Bonchev–Trinajstić information content (AvgIpc) is 2.97. The summed E-state index contributed by atoms with van der Waals surface area (Å²) in [4.78, 5) is 13.4. The molecule has 4 nitrogen and oxygen atoms in total. The van der Waals surface area contributed by atoms with Gasteiger partial charge in [-0.1, -0.05) is 25.8 Å². The second-order valence-corrected chi connectivity index (χ2v) is 8.62. The summed E-state index contributed by atoms with van der Waals surface area (Å²) in [7, 11) is 0. The number of alkyl carbamates (subject to hydrolysis) is 1. The summed E-state index contributed by atoms with van der Waals surface area (Å²) < 4.78 is 5.38. The molecule has 0 radical (unpaired) electrons. The highest BCUT2D eigenvalue weighted by Gasteiger charge is 2.38. The van der Waals surface area contributed by atoms with E-state index in [1.807, 2.05) is 20.8 Å². The van der Waals surface area contributed by atoms with Crippen LogP contribution in [0.25, 0.3) is 0 Å². The van der Waals surface area contributed by atoms with E-state index in [4.69, 9.17) is 4.74 Å². The van der Waals surface area contributed by atoms with E-state index in [-0.39, 0.29) is 11.6 Å². The predicted molar refractivity (Wildman–Crippen MR) is 95.8 cm³/mol. The SMILES string of the molecule is CC1CCCCC1(CNC(=O)OC(C)(C)C)NCc1cccs1. The molecule has 1 aromatic heterocycles. The Hall–Kier alpha value is -1.07. The van der Waals surface area contributed by atoms with E-state index in [0.29, 0.717) is 12.5 Å². The molecule has 23 heavy (non-hydrogen) atoms. The van der Waals surface area contributed by atoms with Gasteiger partial charge in [0.25, 0.3) is 0 Å². The number of amides is 1. The third kappa shape index (κ3) is 5.50. The van der Waals surface area contributed by atoms with Gasteiger partial charge in [-0.3, -0.25) is 0 Å². The van der Waals surface area contributed by atoms with Crippen LogP contribution in [0, 0.1) is 5.92 Å². The molecule has 0 aliphatic heterocycles. The number of carbonyl (C=O) groups excluding carboxylic acids is 1. The first-order valence-corrected chi connectivity index (χ1v) is 9.43. The molecule has 5 heteroatoms. The van der Waals surface area contributed by atoms with Gasteiger partial charge in [0, 0.05) is 23.5 Å². The molecule has 130 valence electrons. The first-order valence-electron chi connectivity index (χ1n) is 8.55. The summed E-state index contributed by atoms with van der Waals surface area (Å²) in [5.74, 6) is 0.533. The lowest BCUT2D eigenvalue weighted by Gasteiger charge is -2.44. The highest BCUT2D eigenvalue weighted by atomic mass is 32.1. The average molecular weight is 339 g/mol. The van der Waals surface area contributed by atoms with E-state index in [0.717, 1.165) is 13.0 Å². The van der Waals surface area contributed by atoms with Crippen LogP contribution in [0.4, 0.5) is 4.79 Å². The van der Waals surface area contributed by atoms with Crippen molar-refractivity contribution >= 4 is 17.4 Å². The Kier molecular flexibility index (Phi) is 6.09. The van der Waals surface area contributed by atoms with Gasteiger partial charge in [0.15, 0.2) is 0 Å². The smallest absolute Gasteiger partial charge is 0.407 e. The minimum Gasteiger partial charge on any atom is -0.444 e. The van der Waals surface area contributed by atoms with E-state index in [2.05, 4.69) is 35.1 Å². The highest BCUT2D eigenvalue weighted by molar-refractivity contribution is 7.09. The van der Waals surface area contributed by atoms with Crippen LogP contribution in [0.1, 0.15) is 58.3 Å². The van der Waals surface area contributed by atoms with Gasteiger partial charge in [0.2, 0.25) is 0 Å². The fourth-order valence-corrected chi connectivity index (χ4v) is 3.87.